The summed E-state index contributed by atoms with van der Waals surface area (Å²) in [5.74, 6) is -1.30. The Morgan fingerprint density at radius 1 is 1.00 bits per heavy atom. The Morgan fingerprint density at radius 3 is 2.35 bits per heavy atom. The van der Waals surface area contributed by atoms with E-state index < -0.39 is 17.5 Å². The van der Waals surface area contributed by atoms with Gasteiger partial charge < -0.3 is 10.1 Å². The van der Waals surface area contributed by atoms with Crippen molar-refractivity contribution in [3.05, 3.63) is 60.2 Å². The summed E-state index contributed by atoms with van der Waals surface area (Å²) >= 11 is 0. The second-order valence-electron chi connectivity index (χ2n) is 4.06. The molecule has 0 aliphatic heterocycles. The molecule has 2 aromatic carbocycles. The Kier molecular flexibility index (Phi) is 4.65. The first kappa shape index (κ1) is 14.0. The molecule has 0 aromatic heterocycles. The minimum Gasteiger partial charge on any atom is -0.490 e. The van der Waals surface area contributed by atoms with Gasteiger partial charge in [0.2, 0.25) is 5.91 Å². The Morgan fingerprint density at radius 2 is 1.65 bits per heavy atom. The van der Waals surface area contributed by atoms with E-state index in [4.69, 9.17) is 4.74 Å². The van der Waals surface area contributed by atoms with Crippen LogP contribution in [-0.2, 0) is 4.79 Å². The Bertz CT molecular complexity index is 602. The van der Waals surface area contributed by atoms with Crippen molar-refractivity contribution in [3.63, 3.8) is 0 Å². The maximum Gasteiger partial charge on any atom is 0.227 e. The third-order valence-corrected chi connectivity index (χ3v) is 2.57. The van der Waals surface area contributed by atoms with Crippen LogP contribution in [0.4, 0.5) is 14.5 Å². The van der Waals surface area contributed by atoms with Crippen LogP contribution in [-0.4, -0.2) is 12.5 Å². The zero-order valence-corrected chi connectivity index (χ0v) is 10.6. The lowest BCUT2D eigenvalue weighted by atomic mass is 10.3. The van der Waals surface area contributed by atoms with Crippen LogP contribution in [0.15, 0.2) is 48.5 Å². The van der Waals surface area contributed by atoms with E-state index in [1.807, 2.05) is 0 Å². The predicted molar refractivity (Wildman–Crippen MR) is 71.5 cm³/mol. The number of hydrogen-bond acceptors (Lipinski definition) is 2. The number of benzene rings is 2. The average molecular weight is 277 g/mol. The number of para-hydroxylation sites is 2. The minimum absolute atomic E-state index is 0.00265. The van der Waals surface area contributed by atoms with Gasteiger partial charge in [0.15, 0.2) is 11.6 Å². The van der Waals surface area contributed by atoms with Gasteiger partial charge in [0.1, 0.15) is 5.82 Å². The zero-order valence-electron chi connectivity index (χ0n) is 10.6. The van der Waals surface area contributed by atoms with Gasteiger partial charge in [-0.1, -0.05) is 24.3 Å². The number of nitrogens with one attached hydrogen (secondary N) is 1. The van der Waals surface area contributed by atoms with Crippen molar-refractivity contribution < 1.29 is 18.3 Å². The maximum absolute atomic E-state index is 13.3. The molecule has 3 nitrogen and oxygen atoms in total. The quantitative estimate of drug-likeness (QED) is 0.910. The normalized spacial score (nSPS) is 10.1. The summed E-state index contributed by atoms with van der Waals surface area (Å²) in [6.45, 7) is 0.0151. The molecule has 104 valence electrons. The SMILES string of the molecule is O=C(CCOc1ccccc1F)Nc1ccccc1F. The van der Waals surface area contributed by atoms with Gasteiger partial charge in [-0.2, -0.15) is 0 Å². The lowest BCUT2D eigenvalue weighted by Gasteiger charge is -2.08. The second-order valence-corrected chi connectivity index (χ2v) is 4.06. The standard InChI is InChI=1S/C15H13F2NO2/c16-11-5-1-3-7-13(11)18-15(19)9-10-20-14-8-4-2-6-12(14)17/h1-8H,9-10H2,(H,18,19). The minimum atomic E-state index is -0.504. The third kappa shape index (κ3) is 3.78. The molecular weight excluding hydrogens is 264 g/mol. The van der Waals surface area contributed by atoms with E-state index in [1.165, 1.54) is 30.3 Å². The number of rotatable bonds is 5. The first-order chi connectivity index (χ1) is 9.66. The van der Waals surface area contributed by atoms with E-state index in [0.29, 0.717) is 0 Å². The highest BCUT2D eigenvalue weighted by atomic mass is 19.1. The van der Waals surface area contributed by atoms with Crippen LogP contribution in [0.1, 0.15) is 6.42 Å². The number of halogens is 2. The fourth-order valence-electron chi connectivity index (χ4n) is 1.59. The Labute approximate surface area is 115 Å². The van der Waals surface area contributed by atoms with Gasteiger partial charge in [-0.15, -0.1) is 0 Å². The lowest BCUT2D eigenvalue weighted by Crippen LogP contribution is -2.16. The number of ether oxygens (including phenoxy) is 1. The van der Waals surface area contributed by atoms with Crippen molar-refractivity contribution >= 4 is 11.6 Å². The number of anilines is 1. The van der Waals surface area contributed by atoms with Gasteiger partial charge in [0, 0.05) is 0 Å². The van der Waals surface area contributed by atoms with Crippen molar-refractivity contribution in [2.24, 2.45) is 0 Å². The van der Waals surface area contributed by atoms with E-state index in [9.17, 15) is 13.6 Å². The topological polar surface area (TPSA) is 38.3 Å². The van der Waals surface area contributed by atoms with Crippen LogP contribution in [0.2, 0.25) is 0 Å². The van der Waals surface area contributed by atoms with Gasteiger partial charge in [-0.3, -0.25) is 4.79 Å². The molecule has 20 heavy (non-hydrogen) atoms. The monoisotopic (exact) mass is 277 g/mol. The fourth-order valence-corrected chi connectivity index (χ4v) is 1.59. The summed E-state index contributed by atoms with van der Waals surface area (Å²) in [7, 11) is 0. The molecular formula is C15H13F2NO2. The maximum atomic E-state index is 13.3. The molecule has 0 unspecified atom stereocenters. The van der Waals surface area contributed by atoms with Gasteiger partial charge in [-0.25, -0.2) is 8.78 Å². The molecule has 0 atom stereocenters. The third-order valence-electron chi connectivity index (χ3n) is 2.57. The zero-order chi connectivity index (χ0) is 14.4. The summed E-state index contributed by atoms with van der Waals surface area (Å²) in [6.07, 6.45) is 0.00265. The molecule has 0 aliphatic rings. The summed E-state index contributed by atoms with van der Waals surface area (Å²) in [5, 5.41) is 2.42. The lowest BCUT2D eigenvalue weighted by molar-refractivity contribution is -0.116. The highest BCUT2D eigenvalue weighted by Crippen LogP contribution is 2.16. The van der Waals surface area contributed by atoms with Crippen molar-refractivity contribution in [1.29, 1.82) is 0 Å². The molecule has 1 N–H and O–H groups in total. The van der Waals surface area contributed by atoms with Gasteiger partial charge >= 0.3 is 0 Å². The van der Waals surface area contributed by atoms with E-state index >= 15 is 0 Å². The molecule has 5 heteroatoms. The van der Waals surface area contributed by atoms with Gasteiger partial charge in [0.25, 0.3) is 0 Å². The number of carbonyl (C=O) groups excluding carboxylic acids is 1. The Hall–Kier alpha value is -2.43. The number of hydrogen-bond donors (Lipinski definition) is 1. The largest absolute Gasteiger partial charge is 0.490 e. The van der Waals surface area contributed by atoms with Crippen LogP contribution in [0.25, 0.3) is 0 Å². The molecule has 2 aromatic rings. The van der Waals surface area contributed by atoms with E-state index in [1.54, 1.807) is 18.2 Å². The molecule has 2 rings (SSSR count). The van der Waals surface area contributed by atoms with Gasteiger partial charge in [0.05, 0.1) is 18.7 Å². The van der Waals surface area contributed by atoms with Crippen LogP contribution in [0, 0.1) is 11.6 Å². The van der Waals surface area contributed by atoms with Crippen molar-refractivity contribution in [1.82, 2.24) is 0 Å². The highest BCUT2D eigenvalue weighted by Gasteiger charge is 2.07. The summed E-state index contributed by atoms with van der Waals surface area (Å²) in [5.41, 5.74) is 0.114. The molecule has 0 radical (unpaired) electrons. The van der Waals surface area contributed by atoms with Crippen LogP contribution < -0.4 is 10.1 Å². The molecule has 0 spiro atoms. The van der Waals surface area contributed by atoms with Crippen molar-refractivity contribution in [3.8, 4) is 5.75 Å². The molecule has 1 amide bonds. The van der Waals surface area contributed by atoms with E-state index in [2.05, 4.69) is 5.32 Å². The van der Waals surface area contributed by atoms with Crippen LogP contribution in [0.3, 0.4) is 0 Å². The first-order valence-electron chi connectivity index (χ1n) is 6.08. The van der Waals surface area contributed by atoms with Crippen molar-refractivity contribution in [2.45, 2.75) is 6.42 Å². The molecule has 0 fully saturated rings. The summed E-state index contributed by atoms with van der Waals surface area (Å²) < 4.78 is 31.7. The van der Waals surface area contributed by atoms with Crippen LogP contribution in [0.5, 0.6) is 5.75 Å². The van der Waals surface area contributed by atoms with Crippen molar-refractivity contribution in [2.75, 3.05) is 11.9 Å². The average Bonchev–Trinajstić information content (AvgIpc) is 2.43. The predicted octanol–water partition coefficient (Wildman–Crippen LogP) is 3.37. The number of amides is 1. The molecule has 0 heterocycles. The van der Waals surface area contributed by atoms with Gasteiger partial charge in [-0.05, 0) is 24.3 Å². The summed E-state index contributed by atoms with van der Waals surface area (Å²) in [6, 6.07) is 11.8. The molecule has 0 saturated heterocycles. The smallest absolute Gasteiger partial charge is 0.227 e. The molecule has 0 saturated carbocycles. The highest BCUT2D eigenvalue weighted by molar-refractivity contribution is 5.90. The Balaban J connectivity index is 1.82. The molecule has 0 aliphatic carbocycles. The first-order valence-corrected chi connectivity index (χ1v) is 6.08. The number of carbonyl (C=O) groups is 1. The summed E-state index contributed by atoms with van der Waals surface area (Å²) in [4.78, 5) is 11.6. The molecule has 0 bridgehead atoms. The second kappa shape index (κ2) is 6.65. The fraction of sp³-hybridized carbons (Fsp3) is 0.133. The van der Waals surface area contributed by atoms with Crippen LogP contribution >= 0.6 is 0 Å². The van der Waals surface area contributed by atoms with E-state index in [0.717, 1.165) is 0 Å². The van der Waals surface area contributed by atoms with E-state index in [-0.39, 0.29) is 24.5 Å².